The van der Waals surface area contributed by atoms with Gasteiger partial charge >= 0.3 is 5.97 Å². The Morgan fingerprint density at radius 3 is 2.25 bits per heavy atom. The molecule has 1 amide bonds. The number of Topliss-reactive ketones (excluding diaryl/α,β-unsaturated/α-hetero) is 1. The fraction of sp³-hybridized carbons (Fsp3) is 0.375. The monoisotopic (exact) mass is 442 g/mol. The van der Waals surface area contributed by atoms with Gasteiger partial charge in [0.25, 0.3) is 5.91 Å². The molecule has 8 nitrogen and oxygen atoms in total. The maximum Gasteiger partial charge on any atom is 0.344 e. The standard InChI is InChI=1S/C24H30N2O6/c1-6-26(16(2)3)20-10-8-19(9-11-20)25-23(28)14-32-24(29)15-31-21-12-7-18(17(4)27)13-22(21)30-5/h7-13,16H,6,14-15H2,1-5H3,(H,25,28). The van der Waals surface area contributed by atoms with Gasteiger partial charge in [-0.25, -0.2) is 4.79 Å². The van der Waals surface area contributed by atoms with Crippen LogP contribution in [0.15, 0.2) is 42.5 Å². The zero-order valence-corrected chi connectivity index (χ0v) is 19.1. The Bertz CT molecular complexity index is 940. The molecule has 0 bridgehead atoms. The van der Waals surface area contributed by atoms with Crippen molar-refractivity contribution in [1.29, 1.82) is 0 Å². The molecule has 2 aromatic rings. The van der Waals surface area contributed by atoms with Gasteiger partial charge in [0.05, 0.1) is 7.11 Å². The van der Waals surface area contributed by atoms with Crippen LogP contribution in [0.2, 0.25) is 0 Å². The summed E-state index contributed by atoms with van der Waals surface area (Å²) in [5.41, 5.74) is 2.14. The number of methoxy groups -OCH3 is 1. The summed E-state index contributed by atoms with van der Waals surface area (Å²) < 4.78 is 15.5. The molecule has 0 aromatic heterocycles. The lowest BCUT2D eigenvalue weighted by Crippen LogP contribution is -2.30. The number of hydrogen-bond acceptors (Lipinski definition) is 7. The van der Waals surface area contributed by atoms with E-state index in [1.54, 1.807) is 18.2 Å². The first kappa shape index (κ1) is 24.7. The first-order valence-corrected chi connectivity index (χ1v) is 10.4. The Labute approximate surface area is 188 Å². The number of esters is 1. The summed E-state index contributed by atoms with van der Waals surface area (Å²) in [5.74, 6) is -0.653. The van der Waals surface area contributed by atoms with Crippen molar-refractivity contribution >= 4 is 29.0 Å². The van der Waals surface area contributed by atoms with Gasteiger partial charge in [0.1, 0.15) is 0 Å². The number of hydrogen-bond donors (Lipinski definition) is 1. The number of anilines is 2. The van der Waals surface area contributed by atoms with E-state index in [2.05, 4.69) is 31.0 Å². The molecule has 8 heteroatoms. The third-order valence-electron chi connectivity index (χ3n) is 4.73. The van der Waals surface area contributed by atoms with Crippen molar-refractivity contribution in [2.45, 2.75) is 33.7 Å². The minimum Gasteiger partial charge on any atom is -0.493 e. The van der Waals surface area contributed by atoms with Crippen LogP contribution in [0.4, 0.5) is 11.4 Å². The molecule has 0 heterocycles. The molecule has 0 aliphatic carbocycles. The van der Waals surface area contributed by atoms with Crippen LogP contribution in [0.3, 0.4) is 0 Å². The average Bonchev–Trinajstić information content (AvgIpc) is 2.77. The smallest absolute Gasteiger partial charge is 0.344 e. The number of rotatable bonds is 11. The van der Waals surface area contributed by atoms with Crippen molar-refractivity contribution in [3.8, 4) is 11.5 Å². The third-order valence-corrected chi connectivity index (χ3v) is 4.73. The molecule has 0 saturated heterocycles. The van der Waals surface area contributed by atoms with Gasteiger partial charge in [-0.3, -0.25) is 9.59 Å². The number of benzene rings is 2. The summed E-state index contributed by atoms with van der Waals surface area (Å²) in [4.78, 5) is 37.7. The van der Waals surface area contributed by atoms with Gasteiger partial charge in [0.15, 0.2) is 30.5 Å². The van der Waals surface area contributed by atoms with Gasteiger partial charge in [-0.2, -0.15) is 0 Å². The number of carbonyl (C=O) groups excluding carboxylic acids is 3. The molecule has 32 heavy (non-hydrogen) atoms. The Hall–Kier alpha value is -3.55. The van der Waals surface area contributed by atoms with Gasteiger partial charge < -0.3 is 24.4 Å². The second kappa shape index (κ2) is 11.7. The Balaban J connectivity index is 1.82. The molecule has 0 unspecified atom stereocenters. The fourth-order valence-electron chi connectivity index (χ4n) is 3.11. The van der Waals surface area contributed by atoms with Crippen LogP contribution in [0.1, 0.15) is 38.1 Å². The van der Waals surface area contributed by atoms with Crippen molar-refractivity contribution in [3.05, 3.63) is 48.0 Å². The molecule has 1 N–H and O–H groups in total. The Morgan fingerprint density at radius 2 is 1.69 bits per heavy atom. The Kier molecular flexibility index (Phi) is 9.07. The predicted octanol–water partition coefficient (Wildman–Crippen LogP) is 3.69. The number of ketones is 1. The van der Waals surface area contributed by atoms with E-state index in [0.717, 1.165) is 12.2 Å². The summed E-state index contributed by atoms with van der Waals surface area (Å²) in [6.45, 7) is 7.82. The number of ether oxygens (including phenoxy) is 3. The fourth-order valence-corrected chi connectivity index (χ4v) is 3.11. The van der Waals surface area contributed by atoms with E-state index < -0.39 is 25.1 Å². The molecular weight excluding hydrogens is 412 g/mol. The van der Waals surface area contributed by atoms with Crippen molar-refractivity contribution in [3.63, 3.8) is 0 Å². The van der Waals surface area contributed by atoms with Crippen LogP contribution in [-0.4, -0.2) is 50.6 Å². The zero-order valence-electron chi connectivity index (χ0n) is 19.1. The lowest BCUT2D eigenvalue weighted by Gasteiger charge is -2.27. The van der Waals surface area contributed by atoms with E-state index in [0.29, 0.717) is 28.8 Å². The highest BCUT2D eigenvalue weighted by molar-refractivity contribution is 5.95. The van der Waals surface area contributed by atoms with Crippen LogP contribution in [0.25, 0.3) is 0 Å². The lowest BCUT2D eigenvalue weighted by molar-refractivity contribution is -0.149. The summed E-state index contributed by atoms with van der Waals surface area (Å²) in [5, 5.41) is 2.69. The second-order valence-electron chi connectivity index (χ2n) is 7.35. The third kappa shape index (κ3) is 7.01. The molecule has 0 atom stereocenters. The molecule has 2 aromatic carbocycles. The summed E-state index contributed by atoms with van der Waals surface area (Å²) in [6.07, 6.45) is 0. The number of amides is 1. The van der Waals surface area contributed by atoms with Crippen molar-refractivity contribution in [2.24, 2.45) is 0 Å². The van der Waals surface area contributed by atoms with Crippen LogP contribution >= 0.6 is 0 Å². The highest BCUT2D eigenvalue weighted by atomic mass is 16.6. The van der Waals surface area contributed by atoms with Crippen LogP contribution < -0.4 is 19.7 Å². The maximum atomic E-state index is 12.1. The number of carbonyl (C=O) groups is 3. The van der Waals surface area contributed by atoms with E-state index in [-0.39, 0.29) is 5.78 Å². The predicted molar refractivity (Wildman–Crippen MR) is 123 cm³/mol. The zero-order chi connectivity index (χ0) is 23.7. The maximum absolute atomic E-state index is 12.1. The molecule has 0 saturated carbocycles. The number of nitrogens with zero attached hydrogens (tertiary/aromatic N) is 1. The molecule has 2 rings (SSSR count). The SMILES string of the molecule is CCN(c1ccc(NC(=O)COC(=O)COc2ccc(C(C)=O)cc2OC)cc1)C(C)C. The average molecular weight is 443 g/mol. The molecule has 0 aliphatic rings. The molecule has 0 radical (unpaired) electrons. The highest BCUT2D eigenvalue weighted by Gasteiger charge is 2.13. The van der Waals surface area contributed by atoms with Crippen molar-refractivity contribution < 1.29 is 28.6 Å². The van der Waals surface area contributed by atoms with Gasteiger partial charge in [-0.15, -0.1) is 0 Å². The van der Waals surface area contributed by atoms with Gasteiger partial charge in [-0.05, 0) is 70.2 Å². The highest BCUT2D eigenvalue weighted by Crippen LogP contribution is 2.28. The molecule has 0 aliphatic heterocycles. The van der Waals surface area contributed by atoms with Gasteiger partial charge in [0, 0.05) is 29.5 Å². The summed E-state index contributed by atoms with van der Waals surface area (Å²) >= 11 is 0. The van der Waals surface area contributed by atoms with E-state index in [1.807, 2.05) is 12.1 Å². The molecular formula is C24H30N2O6. The quantitative estimate of drug-likeness (QED) is 0.419. The van der Waals surface area contributed by atoms with E-state index in [4.69, 9.17) is 14.2 Å². The van der Waals surface area contributed by atoms with Gasteiger partial charge in [0.2, 0.25) is 0 Å². The summed E-state index contributed by atoms with van der Waals surface area (Å²) in [7, 11) is 1.43. The van der Waals surface area contributed by atoms with Crippen molar-refractivity contribution in [2.75, 3.05) is 37.1 Å². The Morgan fingerprint density at radius 1 is 1.00 bits per heavy atom. The second-order valence-corrected chi connectivity index (χ2v) is 7.35. The normalized spacial score (nSPS) is 10.4. The van der Waals surface area contributed by atoms with E-state index >= 15 is 0 Å². The first-order valence-electron chi connectivity index (χ1n) is 10.4. The molecule has 172 valence electrons. The topological polar surface area (TPSA) is 94.2 Å². The molecule has 0 spiro atoms. The lowest BCUT2D eigenvalue weighted by atomic mass is 10.1. The van der Waals surface area contributed by atoms with E-state index in [9.17, 15) is 14.4 Å². The molecule has 0 fully saturated rings. The minimum absolute atomic E-state index is 0.113. The van der Waals surface area contributed by atoms with E-state index in [1.165, 1.54) is 26.2 Å². The van der Waals surface area contributed by atoms with Crippen LogP contribution in [0, 0.1) is 0 Å². The largest absolute Gasteiger partial charge is 0.493 e. The van der Waals surface area contributed by atoms with Crippen LogP contribution in [-0.2, 0) is 14.3 Å². The summed E-state index contributed by atoms with van der Waals surface area (Å²) in [6, 6.07) is 12.5. The van der Waals surface area contributed by atoms with Crippen molar-refractivity contribution in [1.82, 2.24) is 0 Å². The number of nitrogens with one attached hydrogen (secondary N) is 1. The first-order chi connectivity index (χ1) is 15.2. The van der Waals surface area contributed by atoms with Crippen LogP contribution in [0.5, 0.6) is 11.5 Å². The minimum atomic E-state index is -0.705. The van der Waals surface area contributed by atoms with Gasteiger partial charge in [-0.1, -0.05) is 0 Å².